The van der Waals surface area contributed by atoms with Crippen molar-refractivity contribution < 1.29 is 9.84 Å². The lowest BCUT2D eigenvalue weighted by atomic mass is 10.3. The third-order valence-corrected chi connectivity index (χ3v) is 2.65. The molecule has 0 aromatic heterocycles. The van der Waals surface area contributed by atoms with Gasteiger partial charge in [-0.1, -0.05) is 13.3 Å². The first-order valence-electron chi connectivity index (χ1n) is 6.20. The molecule has 0 aliphatic rings. The van der Waals surface area contributed by atoms with Crippen LogP contribution in [0.4, 0.5) is 0 Å². The number of hydrogen-bond acceptors (Lipinski definition) is 4. The molecule has 0 fully saturated rings. The SMILES string of the molecule is CCCCOCC(O)CNCC(C)N(C)C. The molecular weight excluding hydrogens is 204 g/mol. The highest BCUT2D eigenvalue weighted by atomic mass is 16.5. The summed E-state index contributed by atoms with van der Waals surface area (Å²) < 4.78 is 5.34. The van der Waals surface area contributed by atoms with E-state index in [1.165, 1.54) is 0 Å². The van der Waals surface area contributed by atoms with Crippen LogP contribution >= 0.6 is 0 Å². The minimum Gasteiger partial charge on any atom is -0.389 e. The maximum absolute atomic E-state index is 9.60. The molecule has 0 heterocycles. The average Bonchev–Trinajstić information content (AvgIpc) is 2.24. The number of likely N-dealkylation sites (N-methyl/N-ethyl adjacent to an activating group) is 1. The van der Waals surface area contributed by atoms with Crippen LogP contribution in [0, 0.1) is 0 Å². The first-order valence-corrected chi connectivity index (χ1v) is 6.20. The van der Waals surface area contributed by atoms with E-state index in [1.807, 2.05) is 0 Å². The van der Waals surface area contributed by atoms with Crippen molar-refractivity contribution >= 4 is 0 Å². The number of aliphatic hydroxyl groups excluding tert-OH is 1. The van der Waals surface area contributed by atoms with E-state index in [0.717, 1.165) is 26.0 Å². The van der Waals surface area contributed by atoms with Crippen LogP contribution < -0.4 is 5.32 Å². The summed E-state index contributed by atoms with van der Waals surface area (Å²) in [4.78, 5) is 2.15. The first kappa shape index (κ1) is 15.8. The standard InChI is InChI=1S/C12H28N2O2/c1-5-6-7-16-10-12(15)9-13-8-11(2)14(3)4/h11-13,15H,5-10H2,1-4H3. The van der Waals surface area contributed by atoms with E-state index in [-0.39, 0.29) is 0 Å². The number of hydrogen-bond donors (Lipinski definition) is 2. The predicted molar refractivity (Wildman–Crippen MR) is 67.8 cm³/mol. The Bertz CT molecular complexity index is 154. The van der Waals surface area contributed by atoms with Gasteiger partial charge in [0, 0.05) is 25.7 Å². The van der Waals surface area contributed by atoms with E-state index < -0.39 is 6.10 Å². The van der Waals surface area contributed by atoms with Crippen molar-refractivity contribution in [3.63, 3.8) is 0 Å². The van der Waals surface area contributed by atoms with Gasteiger partial charge >= 0.3 is 0 Å². The second kappa shape index (κ2) is 10.0. The largest absolute Gasteiger partial charge is 0.389 e. The Labute approximate surface area is 100.0 Å². The molecule has 2 atom stereocenters. The molecule has 2 unspecified atom stereocenters. The van der Waals surface area contributed by atoms with Crippen molar-refractivity contribution in [3.05, 3.63) is 0 Å². The summed E-state index contributed by atoms with van der Waals surface area (Å²) in [5.74, 6) is 0. The third kappa shape index (κ3) is 9.09. The lowest BCUT2D eigenvalue weighted by molar-refractivity contribution is 0.0354. The first-order chi connectivity index (χ1) is 7.57. The number of rotatable bonds is 10. The van der Waals surface area contributed by atoms with Crippen LogP contribution in [0.25, 0.3) is 0 Å². The Morgan fingerprint density at radius 3 is 2.56 bits per heavy atom. The minimum atomic E-state index is -0.397. The summed E-state index contributed by atoms with van der Waals surface area (Å²) in [5, 5.41) is 12.8. The van der Waals surface area contributed by atoms with Gasteiger partial charge in [0.25, 0.3) is 0 Å². The monoisotopic (exact) mass is 232 g/mol. The molecule has 0 saturated heterocycles. The molecule has 2 N–H and O–H groups in total. The molecular formula is C12H28N2O2. The molecule has 0 aromatic carbocycles. The molecule has 16 heavy (non-hydrogen) atoms. The summed E-state index contributed by atoms with van der Waals surface area (Å²) in [6.45, 7) is 6.95. The van der Waals surface area contributed by atoms with Gasteiger partial charge in [0.1, 0.15) is 0 Å². The van der Waals surface area contributed by atoms with E-state index in [0.29, 0.717) is 19.2 Å². The zero-order valence-corrected chi connectivity index (χ0v) is 11.2. The van der Waals surface area contributed by atoms with Crippen molar-refractivity contribution in [2.75, 3.05) is 40.4 Å². The number of nitrogens with one attached hydrogen (secondary N) is 1. The van der Waals surface area contributed by atoms with Crippen molar-refractivity contribution in [2.45, 2.75) is 38.8 Å². The normalized spacial score (nSPS) is 15.4. The van der Waals surface area contributed by atoms with Crippen molar-refractivity contribution in [2.24, 2.45) is 0 Å². The molecule has 0 bridgehead atoms. The average molecular weight is 232 g/mol. The van der Waals surface area contributed by atoms with Gasteiger partial charge in [0.15, 0.2) is 0 Å². The van der Waals surface area contributed by atoms with E-state index in [2.05, 4.69) is 38.2 Å². The number of ether oxygens (including phenoxy) is 1. The smallest absolute Gasteiger partial charge is 0.0897 e. The van der Waals surface area contributed by atoms with Gasteiger partial charge < -0.3 is 20.1 Å². The number of nitrogens with zero attached hydrogens (tertiary/aromatic N) is 1. The van der Waals surface area contributed by atoms with Gasteiger partial charge in [-0.3, -0.25) is 0 Å². The Hall–Kier alpha value is -0.160. The van der Waals surface area contributed by atoms with Gasteiger partial charge in [-0.25, -0.2) is 0 Å². The van der Waals surface area contributed by atoms with Crippen LogP contribution in [0.3, 0.4) is 0 Å². The molecule has 98 valence electrons. The summed E-state index contributed by atoms with van der Waals surface area (Å²) >= 11 is 0. The molecule has 0 radical (unpaired) electrons. The Kier molecular flexibility index (Phi) is 9.92. The van der Waals surface area contributed by atoms with Crippen LogP contribution in [0.5, 0.6) is 0 Å². The zero-order valence-electron chi connectivity index (χ0n) is 11.2. The maximum atomic E-state index is 9.60. The maximum Gasteiger partial charge on any atom is 0.0897 e. The molecule has 0 spiro atoms. The summed E-state index contributed by atoms with van der Waals surface area (Å²) in [6.07, 6.45) is 1.80. The van der Waals surface area contributed by atoms with E-state index in [4.69, 9.17) is 4.74 Å². The molecule has 0 rings (SSSR count). The molecule has 0 saturated carbocycles. The molecule has 0 aliphatic carbocycles. The molecule has 4 heteroatoms. The van der Waals surface area contributed by atoms with Crippen LogP contribution in [-0.2, 0) is 4.74 Å². The Balaban J connectivity index is 3.33. The van der Waals surface area contributed by atoms with Gasteiger partial charge in [-0.05, 0) is 27.4 Å². The van der Waals surface area contributed by atoms with Crippen molar-refractivity contribution in [3.8, 4) is 0 Å². The Morgan fingerprint density at radius 2 is 2.00 bits per heavy atom. The third-order valence-electron chi connectivity index (χ3n) is 2.65. The van der Waals surface area contributed by atoms with Crippen LogP contribution in [0.2, 0.25) is 0 Å². The second-order valence-electron chi connectivity index (χ2n) is 4.55. The van der Waals surface area contributed by atoms with Gasteiger partial charge in [-0.15, -0.1) is 0 Å². The topological polar surface area (TPSA) is 44.7 Å². The highest BCUT2D eigenvalue weighted by molar-refractivity contribution is 4.65. The molecule has 4 nitrogen and oxygen atoms in total. The molecule has 0 amide bonds. The number of aliphatic hydroxyl groups is 1. The van der Waals surface area contributed by atoms with Gasteiger partial charge in [0.2, 0.25) is 0 Å². The van der Waals surface area contributed by atoms with Crippen molar-refractivity contribution in [1.29, 1.82) is 0 Å². The lowest BCUT2D eigenvalue weighted by Crippen LogP contribution is -2.39. The van der Waals surface area contributed by atoms with Crippen molar-refractivity contribution in [1.82, 2.24) is 10.2 Å². The highest BCUT2D eigenvalue weighted by Crippen LogP contribution is 1.91. The fourth-order valence-corrected chi connectivity index (χ4v) is 1.17. The lowest BCUT2D eigenvalue weighted by Gasteiger charge is -2.21. The van der Waals surface area contributed by atoms with Crippen LogP contribution in [0.1, 0.15) is 26.7 Å². The summed E-state index contributed by atoms with van der Waals surface area (Å²) in [6, 6.07) is 0.480. The predicted octanol–water partition coefficient (Wildman–Crippen LogP) is 0.704. The minimum absolute atomic E-state index is 0.397. The zero-order chi connectivity index (χ0) is 12.4. The van der Waals surface area contributed by atoms with Gasteiger partial charge in [0.05, 0.1) is 12.7 Å². The van der Waals surface area contributed by atoms with Crippen LogP contribution in [0.15, 0.2) is 0 Å². The quantitative estimate of drug-likeness (QED) is 0.544. The summed E-state index contributed by atoms with van der Waals surface area (Å²) in [7, 11) is 4.10. The van der Waals surface area contributed by atoms with E-state index in [1.54, 1.807) is 0 Å². The molecule has 0 aliphatic heterocycles. The summed E-state index contributed by atoms with van der Waals surface area (Å²) in [5.41, 5.74) is 0. The fraction of sp³-hybridized carbons (Fsp3) is 1.00. The van der Waals surface area contributed by atoms with E-state index >= 15 is 0 Å². The van der Waals surface area contributed by atoms with Crippen LogP contribution in [-0.4, -0.2) is 62.6 Å². The molecule has 0 aromatic rings. The number of unbranched alkanes of at least 4 members (excludes halogenated alkanes) is 1. The highest BCUT2D eigenvalue weighted by Gasteiger charge is 2.06. The van der Waals surface area contributed by atoms with E-state index in [9.17, 15) is 5.11 Å². The Morgan fingerprint density at radius 1 is 1.31 bits per heavy atom. The fourth-order valence-electron chi connectivity index (χ4n) is 1.17. The van der Waals surface area contributed by atoms with Gasteiger partial charge in [-0.2, -0.15) is 0 Å². The second-order valence-corrected chi connectivity index (χ2v) is 4.55.